The molecule has 0 bridgehead atoms. The number of hydrogen-bond acceptors (Lipinski definition) is 5. The molecule has 4 rings (SSSR count). The van der Waals surface area contributed by atoms with E-state index in [4.69, 9.17) is 16.3 Å². The van der Waals surface area contributed by atoms with E-state index in [9.17, 15) is 18.0 Å². The summed E-state index contributed by atoms with van der Waals surface area (Å²) in [5.41, 5.74) is 1.53. The van der Waals surface area contributed by atoms with E-state index in [2.05, 4.69) is 14.8 Å². The molecule has 0 saturated carbocycles. The highest BCUT2D eigenvalue weighted by molar-refractivity contribution is 6.35. The van der Waals surface area contributed by atoms with Crippen LogP contribution >= 0.6 is 11.6 Å². The Kier molecular flexibility index (Phi) is 5.44. The molecule has 1 saturated heterocycles. The van der Waals surface area contributed by atoms with Crippen LogP contribution in [0.5, 0.6) is 5.75 Å². The van der Waals surface area contributed by atoms with Crippen molar-refractivity contribution < 1.29 is 27.4 Å². The maximum absolute atomic E-state index is 12.4. The smallest absolute Gasteiger partial charge is 0.444 e. The standard InChI is InChI=1S/C21H20ClF3N4O3/c1-20(2,3)32-19(30)28-10-13(11-28)29-18-15(22)8-9-26-17(18)16(27-29)12-4-6-14(7-5-12)31-21(23,24)25/h4-9,13H,10-11H2,1-3H3. The molecule has 0 radical (unpaired) electrons. The summed E-state index contributed by atoms with van der Waals surface area (Å²) in [5.74, 6) is -0.331. The van der Waals surface area contributed by atoms with Crippen molar-refractivity contribution in [1.82, 2.24) is 19.7 Å². The number of rotatable bonds is 3. The summed E-state index contributed by atoms with van der Waals surface area (Å²) in [6.45, 7) is 6.16. The van der Waals surface area contributed by atoms with Crippen LogP contribution in [0.1, 0.15) is 26.8 Å². The minimum Gasteiger partial charge on any atom is -0.444 e. The molecule has 1 aromatic carbocycles. The second-order valence-corrected chi connectivity index (χ2v) is 8.80. The van der Waals surface area contributed by atoms with Gasteiger partial charge in [0.2, 0.25) is 0 Å². The lowest BCUT2D eigenvalue weighted by molar-refractivity contribution is -0.274. The van der Waals surface area contributed by atoms with Crippen molar-refractivity contribution in [2.24, 2.45) is 0 Å². The molecule has 2 aromatic heterocycles. The summed E-state index contributed by atoms with van der Waals surface area (Å²) in [7, 11) is 0. The van der Waals surface area contributed by atoms with Gasteiger partial charge in [-0.1, -0.05) is 11.6 Å². The number of nitrogens with zero attached hydrogens (tertiary/aromatic N) is 4. The third-order valence-corrected chi connectivity index (χ3v) is 5.06. The van der Waals surface area contributed by atoms with Crippen molar-refractivity contribution >= 4 is 28.7 Å². The first kappa shape index (κ1) is 22.2. The average Bonchev–Trinajstić information content (AvgIpc) is 2.99. The normalized spacial score (nSPS) is 15.0. The average molecular weight is 469 g/mol. The zero-order chi connectivity index (χ0) is 23.3. The molecule has 7 nitrogen and oxygen atoms in total. The number of benzene rings is 1. The summed E-state index contributed by atoms with van der Waals surface area (Å²) in [6, 6.07) is 6.87. The molecule has 1 aliphatic rings. The monoisotopic (exact) mass is 468 g/mol. The van der Waals surface area contributed by atoms with Gasteiger partial charge in [0.1, 0.15) is 28.1 Å². The van der Waals surface area contributed by atoms with Crippen LogP contribution in [-0.2, 0) is 4.74 Å². The van der Waals surface area contributed by atoms with Gasteiger partial charge in [0.15, 0.2) is 0 Å². The van der Waals surface area contributed by atoms with Gasteiger partial charge in [0.25, 0.3) is 0 Å². The number of carbonyl (C=O) groups is 1. The van der Waals surface area contributed by atoms with Crippen molar-refractivity contribution in [3.05, 3.63) is 41.6 Å². The van der Waals surface area contributed by atoms with E-state index >= 15 is 0 Å². The van der Waals surface area contributed by atoms with Crippen molar-refractivity contribution in [2.75, 3.05) is 13.1 Å². The SMILES string of the molecule is CC(C)(C)OC(=O)N1CC(n2nc(-c3ccc(OC(F)(F)F)cc3)c3nccc(Cl)c32)C1. The largest absolute Gasteiger partial charge is 0.573 e. The Labute approximate surface area is 186 Å². The van der Waals surface area contributed by atoms with Crippen LogP contribution in [0.3, 0.4) is 0 Å². The predicted molar refractivity (Wildman–Crippen MR) is 112 cm³/mol. The van der Waals surface area contributed by atoms with Crippen molar-refractivity contribution in [1.29, 1.82) is 0 Å². The number of fused-ring (bicyclic) bond motifs is 1. The Bertz CT molecular complexity index is 1150. The van der Waals surface area contributed by atoms with Crippen LogP contribution in [0, 0.1) is 0 Å². The van der Waals surface area contributed by atoms with E-state index in [-0.39, 0.29) is 11.8 Å². The lowest BCUT2D eigenvalue weighted by Crippen LogP contribution is -2.52. The number of amides is 1. The van der Waals surface area contributed by atoms with Gasteiger partial charge in [-0.05, 0) is 51.1 Å². The topological polar surface area (TPSA) is 69.5 Å². The van der Waals surface area contributed by atoms with Gasteiger partial charge in [-0.25, -0.2) is 4.79 Å². The van der Waals surface area contributed by atoms with Gasteiger partial charge in [0, 0.05) is 24.8 Å². The lowest BCUT2D eigenvalue weighted by atomic mass is 10.1. The number of likely N-dealkylation sites (tertiary alicyclic amines) is 1. The molecule has 1 amide bonds. The summed E-state index contributed by atoms with van der Waals surface area (Å²) in [4.78, 5) is 18.2. The summed E-state index contributed by atoms with van der Waals surface area (Å²) in [5, 5.41) is 5.07. The molecular formula is C21H20ClF3N4O3. The predicted octanol–water partition coefficient (Wildman–Crippen LogP) is 5.44. The second-order valence-electron chi connectivity index (χ2n) is 8.39. The molecule has 0 atom stereocenters. The highest BCUT2D eigenvalue weighted by atomic mass is 35.5. The van der Waals surface area contributed by atoms with Gasteiger partial charge in [-0.3, -0.25) is 9.67 Å². The van der Waals surface area contributed by atoms with E-state index in [1.54, 1.807) is 36.4 Å². The molecule has 1 aliphatic heterocycles. The van der Waals surface area contributed by atoms with E-state index in [1.807, 2.05) is 0 Å². The number of pyridine rings is 1. The first-order chi connectivity index (χ1) is 14.9. The van der Waals surface area contributed by atoms with Crippen molar-refractivity contribution in [3.63, 3.8) is 0 Å². The number of carbonyl (C=O) groups excluding carboxylic acids is 1. The van der Waals surface area contributed by atoms with E-state index in [0.29, 0.717) is 40.4 Å². The maximum atomic E-state index is 12.4. The molecular weight excluding hydrogens is 449 g/mol. The molecule has 170 valence electrons. The highest BCUT2D eigenvalue weighted by Crippen LogP contribution is 2.36. The molecule has 3 heterocycles. The lowest BCUT2D eigenvalue weighted by Gasteiger charge is -2.39. The fourth-order valence-electron chi connectivity index (χ4n) is 3.39. The number of hydrogen-bond donors (Lipinski definition) is 0. The zero-order valence-electron chi connectivity index (χ0n) is 17.5. The third-order valence-electron chi connectivity index (χ3n) is 4.76. The van der Waals surface area contributed by atoms with Crippen LogP contribution in [0.4, 0.5) is 18.0 Å². The van der Waals surface area contributed by atoms with Gasteiger partial charge < -0.3 is 14.4 Å². The molecule has 0 N–H and O–H groups in total. The summed E-state index contributed by atoms with van der Waals surface area (Å²) < 4.78 is 48.3. The third kappa shape index (κ3) is 4.59. The fourth-order valence-corrected chi connectivity index (χ4v) is 3.62. The Morgan fingerprint density at radius 1 is 1.12 bits per heavy atom. The number of aromatic nitrogens is 3. The van der Waals surface area contributed by atoms with Crippen LogP contribution in [0.15, 0.2) is 36.5 Å². The minimum absolute atomic E-state index is 0.145. The Hall–Kier alpha value is -3.01. The van der Waals surface area contributed by atoms with Crippen molar-refractivity contribution in [2.45, 2.75) is 38.8 Å². The molecule has 0 spiro atoms. The number of alkyl halides is 3. The van der Waals surface area contributed by atoms with Crippen LogP contribution in [0.2, 0.25) is 5.02 Å². The molecule has 3 aromatic rings. The summed E-state index contributed by atoms with van der Waals surface area (Å²) in [6.07, 6.45) is -3.64. The first-order valence-corrected chi connectivity index (χ1v) is 10.2. The number of halogens is 4. The minimum atomic E-state index is -4.77. The van der Waals surface area contributed by atoms with E-state index < -0.39 is 18.1 Å². The Morgan fingerprint density at radius 3 is 2.38 bits per heavy atom. The van der Waals surface area contributed by atoms with Gasteiger partial charge in [0.05, 0.1) is 11.1 Å². The van der Waals surface area contributed by atoms with Gasteiger partial charge in [-0.15, -0.1) is 13.2 Å². The van der Waals surface area contributed by atoms with E-state index in [1.165, 1.54) is 30.5 Å². The summed E-state index contributed by atoms with van der Waals surface area (Å²) >= 11 is 6.42. The van der Waals surface area contributed by atoms with Gasteiger partial charge in [-0.2, -0.15) is 5.10 Å². The second kappa shape index (κ2) is 7.84. The van der Waals surface area contributed by atoms with E-state index in [0.717, 1.165) is 0 Å². The Morgan fingerprint density at radius 2 is 1.78 bits per heavy atom. The quantitative estimate of drug-likeness (QED) is 0.512. The van der Waals surface area contributed by atoms with Gasteiger partial charge >= 0.3 is 12.5 Å². The molecule has 32 heavy (non-hydrogen) atoms. The number of ether oxygens (including phenoxy) is 2. The van der Waals surface area contributed by atoms with Crippen LogP contribution in [0.25, 0.3) is 22.3 Å². The Balaban J connectivity index is 1.62. The fraction of sp³-hybridized carbons (Fsp3) is 0.381. The zero-order valence-corrected chi connectivity index (χ0v) is 18.2. The molecule has 11 heteroatoms. The first-order valence-electron chi connectivity index (χ1n) is 9.78. The molecule has 1 fully saturated rings. The molecule has 0 aliphatic carbocycles. The van der Waals surface area contributed by atoms with Crippen molar-refractivity contribution in [3.8, 4) is 17.0 Å². The maximum Gasteiger partial charge on any atom is 0.573 e. The van der Waals surface area contributed by atoms with Crippen LogP contribution < -0.4 is 4.74 Å². The molecule has 0 unspecified atom stereocenters. The van der Waals surface area contributed by atoms with Crippen LogP contribution in [-0.4, -0.2) is 50.8 Å². The highest BCUT2D eigenvalue weighted by Gasteiger charge is 2.37.